The van der Waals surface area contributed by atoms with E-state index in [4.69, 9.17) is 16.9 Å². The van der Waals surface area contributed by atoms with Crippen LogP contribution in [0.3, 0.4) is 0 Å². The molecule has 7 nitrogen and oxygen atoms in total. The third-order valence-electron chi connectivity index (χ3n) is 4.23. The maximum atomic E-state index is 12.1. The van der Waals surface area contributed by atoms with Gasteiger partial charge < -0.3 is 14.7 Å². The van der Waals surface area contributed by atoms with Gasteiger partial charge in [0.05, 0.1) is 12.2 Å². The topological polar surface area (TPSA) is 76.4 Å². The van der Waals surface area contributed by atoms with Crippen LogP contribution >= 0.6 is 11.6 Å². The van der Waals surface area contributed by atoms with Crippen LogP contribution in [-0.2, 0) is 0 Å². The number of amides is 2. The quantitative estimate of drug-likeness (QED) is 0.822. The van der Waals surface area contributed by atoms with E-state index in [0.29, 0.717) is 5.82 Å². The number of carbonyl (C=O) groups is 1. The number of hydrogen-bond acceptors (Lipinski definition) is 5. The first-order chi connectivity index (χ1) is 10.6. The highest BCUT2D eigenvalue weighted by Crippen LogP contribution is 2.24. The summed E-state index contributed by atoms with van der Waals surface area (Å²) in [4.78, 5) is 26.2. The number of likely N-dealkylation sites (N-methyl/N-ethyl adjacent to an activating group) is 1. The molecule has 0 aliphatic carbocycles. The molecule has 0 bridgehead atoms. The highest BCUT2D eigenvalue weighted by Gasteiger charge is 2.34. The average Bonchev–Trinajstić information content (AvgIpc) is 2.87. The van der Waals surface area contributed by atoms with E-state index in [-0.39, 0.29) is 22.9 Å². The van der Waals surface area contributed by atoms with Crippen LogP contribution in [0.2, 0.25) is 5.15 Å². The second-order valence-electron chi connectivity index (χ2n) is 5.62. The van der Waals surface area contributed by atoms with E-state index in [1.807, 2.05) is 18.0 Å². The summed E-state index contributed by atoms with van der Waals surface area (Å²) in [6, 6.07) is 2.18. The van der Waals surface area contributed by atoms with E-state index in [9.17, 15) is 4.79 Å². The van der Waals surface area contributed by atoms with E-state index >= 15 is 0 Å². The van der Waals surface area contributed by atoms with Crippen LogP contribution in [0, 0.1) is 11.3 Å². The maximum absolute atomic E-state index is 12.1. The standard InChI is InChI=1S/C14H17ClN6O/c1-19-5-6-21(14(19)22)10-3-2-4-20(9-10)12-8-17-11(7-16)13(15)18-12/h8,10H,2-6,9H2,1H3/t10-/m1/s1. The number of carbonyl (C=O) groups excluding carboxylic acids is 1. The molecule has 2 aliphatic heterocycles. The molecular formula is C14H17ClN6O. The van der Waals surface area contributed by atoms with E-state index < -0.39 is 0 Å². The van der Waals surface area contributed by atoms with Gasteiger partial charge in [0, 0.05) is 33.2 Å². The normalized spacial score (nSPS) is 22.1. The van der Waals surface area contributed by atoms with Gasteiger partial charge in [0.2, 0.25) is 0 Å². The lowest BCUT2D eigenvalue weighted by molar-refractivity contribution is 0.175. The van der Waals surface area contributed by atoms with Gasteiger partial charge in [-0.1, -0.05) is 11.6 Å². The summed E-state index contributed by atoms with van der Waals surface area (Å²) in [6.45, 7) is 3.12. The van der Waals surface area contributed by atoms with Crippen molar-refractivity contribution >= 4 is 23.4 Å². The lowest BCUT2D eigenvalue weighted by atomic mass is 10.0. The molecule has 0 aromatic carbocycles. The Kier molecular flexibility index (Phi) is 4.03. The van der Waals surface area contributed by atoms with Crippen molar-refractivity contribution in [1.82, 2.24) is 19.8 Å². The van der Waals surface area contributed by atoms with Crippen molar-refractivity contribution in [2.24, 2.45) is 0 Å². The molecule has 0 saturated carbocycles. The summed E-state index contributed by atoms with van der Waals surface area (Å²) in [5.74, 6) is 0.661. The fourth-order valence-electron chi connectivity index (χ4n) is 3.01. The predicted octanol–water partition coefficient (Wildman–Crippen LogP) is 1.34. The summed E-state index contributed by atoms with van der Waals surface area (Å²) in [5.41, 5.74) is 0.135. The maximum Gasteiger partial charge on any atom is 0.320 e. The van der Waals surface area contributed by atoms with E-state index in [0.717, 1.165) is 39.0 Å². The second-order valence-corrected chi connectivity index (χ2v) is 5.98. The van der Waals surface area contributed by atoms with Gasteiger partial charge in [-0.05, 0) is 12.8 Å². The largest absolute Gasteiger partial charge is 0.353 e. The molecule has 0 unspecified atom stereocenters. The van der Waals surface area contributed by atoms with E-state index in [2.05, 4.69) is 14.9 Å². The molecule has 2 aliphatic rings. The molecule has 0 radical (unpaired) electrons. The first-order valence-electron chi connectivity index (χ1n) is 7.29. The Balaban J connectivity index is 1.75. The first-order valence-corrected chi connectivity index (χ1v) is 7.67. The molecule has 3 rings (SSSR count). The summed E-state index contributed by atoms with van der Waals surface area (Å²) in [6.07, 6.45) is 3.55. The molecule has 1 aromatic rings. The molecule has 3 heterocycles. The van der Waals surface area contributed by atoms with E-state index in [1.54, 1.807) is 11.1 Å². The molecule has 8 heteroatoms. The smallest absolute Gasteiger partial charge is 0.320 e. The summed E-state index contributed by atoms with van der Waals surface area (Å²) >= 11 is 5.96. The zero-order valence-corrected chi connectivity index (χ0v) is 13.1. The molecule has 1 atom stereocenters. The number of urea groups is 1. The van der Waals surface area contributed by atoms with Crippen molar-refractivity contribution in [1.29, 1.82) is 5.26 Å². The summed E-state index contributed by atoms with van der Waals surface area (Å²) < 4.78 is 0. The molecule has 0 N–H and O–H groups in total. The SMILES string of the molecule is CN1CCN([C@@H]2CCCN(c3cnc(C#N)c(Cl)n3)C2)C1=O. The molecule has 2 saturated heterocycles. The lowest BCUT2D eigenvalue weighted by Crippen LogP contribution is -2.49. The molecular weight excluding hydrogens is 304 g/mol. The number of piperidine rings is 1. The van der Waals surface area contributed by atoms with Gasteiger partial charge in [0.1, 0.15) is 11.9 Å². The van der Waals surface area contributed by atoms with Gasteiger partial charge in [-0.15, -0.1) is 0 Å². The minimum atomic E-state index is 0.0933. The Morgan fingerprint density at radius 3 is 2.86 bits per heavy atom. The molecule has 2 fully saturated rings. The monoisotopic (exact) mass is 320 g/mol. The van der Waals surface area contributed by atoms with Crippen molar-refractivity contribution in [2.75, 3.05) is 38.1 Å². The number of anilines is 1. The van der Waals surface area contributed by atoms with Gasteiger partial charge in [-0.25, -0.2) is 14.8 Å². The van der Waals surface area contributed by atoms with Crippen LogP contribution in [0.15, 0.2) is 6.20 Å². The molecule has 0 spiro atoms. The summed E-state index contributed by atoms with van der Waals surface area (Å²) in [7, 11) is 1.83. The minimum Gasteiger partial charge on any atom is -0.353 e. The van der Waals surface area contributed by atoms with Crippen molar-refractivity contribution in [3.05, 3.63) is 17.0 Å². The molecule has 1 aromatic heterocycles. The van der Waals surface area contributed by atoms with Crippen LogP contribution in [-0.4, -0.2) is 65.1 Å². The van der Waals surface area contributed by atoms with Crippen molar-refractivity contribution in [3.63, 3.8) is 0 Å². The van der Waals surface area contributed by atoms with E-state index in [1.165, 1.54) is 0 Å². The Bertz CT molecular complexity index is 630. The van der Waals surface area contributed by atoms with Crippen LogP contribution in [0.1, 0.15) is 18.5 Å². The van der Waals surface area contributed by atoms with Crippen LogP contribution in [0.25, 0.3) is 0 Å². The molecule has 2 amide bonds. The number of aromatic nitrogens is 2. The second kappa shape index (κ2) is 5.97. The van der Waals surface area contributed by atoms with Gasteiger partial charge in [0.15, 0.2) is 10.8 Å². The Morgan fingerprint density at radius 1 is 1.41 bits per heavy atom. The van der Waals surface area contributed by atoms with Gasteiger partial charge in [0.25, 0.3) is 0 Å². The number of rotatable bonds is 2. The lowest BCUT2D eigenvalue weighted by Gasteiger charge is -2.37. The Hall–Kier alpha value is -2.07. The van der Waals surface area contributed by atoms with Crippen LogP contribution in [0.5, 0.6) is 0 Å². The third-order valence-corrected chi connectivity index (χ3v) is 4.50. The Labute approximate surface area is 134 Å². The summed E-state index contributed by atoms with van der Waals surface area (Å²) in [5, 5.41) is 8.98. The highest BCUT2D eigenvalue weighted by atomic mass is 35.5. The highest BCUT2D eigenvalue weighted by molar-refractivity contribution is 6.30. The van der Waals surface area contributed by atoms with Gasteiger partial charge in [-0.2, -0.15) is 5.26 Å². The third kappa shape index (κ3) is 2.66. The van der Waals surface area contributed by atoms with Gasteiger partial charge in [-0.3, -0.25) is 0 Å². The number of hydrogen-bond donors (Lipinski definition) is 0. The zero-order chi connectivity index (χ0) is 15.7. The Morgan fingerprint density at radius 2 is 2.23 bits per heavy atom. The average molecular weight is 321 g/mol. The number of nitrogens with zero attached hydrogens (tertiary/aromatic N) is 6. The van der Waals surface area contributed by atoms with Crippen molar-refractivity contribution in [2.45, 2.75) is 18.9 Å². The zero-order valence-electron chi connectivity index (χ0n) is 12.4. The fourth-order valence-corrected chi connectivity index (χ4v) is 3.19. The van der Waals surface area contributed by atoms with Crippen LogP contribution in [0.4, 0.5) is 10.6 Å². The van der Waals surface area contributed by atoms with Crippen molar-refractivity contribution in [3.8, 4) is 6.07 Å². The molecule has 22 heavy (non-hydrogen) atoms. The minimum absolute atomic E-state index is 0.0933. The van der Waals surface area contributed by atoms with Gasteiger partial charge >= 0.3 is 6.03 Å². The fraction of sp³-hybridized carbons (Fsp3) is 0.571. The first kappa shape index (κ1) is 14.9. The molecule has 116 valence electrons. The van der Waals surface area contributed by atoms with Crippen molar-refractivity contribution < 1.29 is 4.79 Å². The van der Waals surface area contributed by atoms with Crippen LogP contribution < -0.4 is 4.90 Å². The number of nitriles is 1. The predicted molar refractivity (Wildman–Crippen MR) is 81.7 cm³/mol. The number of halogens is 1.